The summed E-state index contributed by atoms with van der Waals surface area (Å²) in [6, 6.07) is 8.56. The molecule has 1 aromatic heterocycles. The number of aromatic nitrogens is 2. The van der Waals surface area contributed by atoms with Crippen LogP contribution in [0.5, 0.6) is 0 Å². The third kappa shape index (κ3) is 2.29. The first-order valence-electron chi connectivity index (χ1n) is 7.61. The minimum absolute atomic E-state index is 0.607. The molecule has 0 unspecified atom stereocenters. The Morgan fingerprint density at radius 1 is 1.19 bits per heavy atom. The average Bonchev–Trinajstić information content (AvgIpc) is 3.38. The topological polar surface area (TPSA) is 47.0 Å². The largest absolute Gasteiger partial charge is 0.376 e. The lowest BCUT2D eigenvalue weighted by Gasteiger charge is -2.20. The number of rotatable bonds is 3. The van der Waals surface area contributed by atoms with E-state index in [1.807, 2.05) is 7.05 Å². The molecular formula is C17H19N3O. The quantitative estimate of drug-likeness (QED) is 0.939. The molecular weight excluding hydrogens is 262 g/mol. The van der Waals surface area contributed by atoms with E-state index in [1.165, 1.54) is 24.0 Å². The molecule has 4 rings (SSSR count). The zero-order chi connectivity index (χ0) is 14.2. The van der Waals surface area contributed by atoms with E-state index in [0.29, 0.717) is 12.5 Å². The van der Waals surface area contributed by atoms with Crippen LogP contribution in [-0.4, -0.2) is 23.6 Å². The van der Waals surface area contributed by atoms with Crippen molar-refractivity contribution in [1.82, 2.24) is 9.97 Å². The summed E-state index contributed by atoms with van der Waals surface area (Å²) in [7, 11) is 1.91. The highest BCUT2D eigenvalue weighted by molar-refractivity contribution is 5.65. The van der Waals surface area contributed by atoms with E-state index in [1.54, 1.807) is 0 Å². The van der Waals surface area contributed by atoms with Crippen LogP contribution in [0.3, 0.4) is 0 Å². The van der Waals surface area contributed by atoms with Gasteiger partial charge in [0, 0.05) is 24.6 Å². The van der Waals surface area contributed by atoms with Gasteiger partial charge in [0.25, 0.3) is 0 Å². The summed E-state index contributed by atoms with van der Waals surface area (Å²) in [5.74, 6) is 2.45. The normalized spacial score (nSPS) is 17.4. The summed E-state index contributed by atoms with van der Waals surface area (Å²) in [6.07, 6.45) is 3.44. The molecule has 0 saturated heterocycles. The summed E-state index contributed by atoms with van der Waals surface area (Å²) in [5.41, 5.74) is 4.81. The molecule has 0 atom stereocenters. The smallest absolute Gasteiger partial charge is 0.162 e. The van der Waals surface area contributed by atoms with Gasteiger partial charge < -0.3 is 10.1 Å². The fourth-order valence-corrected chi connectivity index (χ4v) is 3.01. The van der Waals surface area contributed by atoms with Gasteiger partial charge in [-0.25, -0.2) is 9.97 Å². The molecule has 4 nitrogen and oxygen atoms in total. The van der Waals surface area contributed by atoms with Crippen molar-refractivity contribution in [3.63, 3.8) is 0 Å². The van der Waals surface area contributed by atoms with Crippen molar-refractivity contribution in [2.24, 2.45) is 0 Å². The molecule has 1 N–H and O–H groups in total. The van der Waals surface area contributed by atoms with E-state index in [-0.39, 0.29) is 0 Å². The number of nitrogens with zero attached hydrogens (tertiary/aromatic N) is 2. The lowest BCUT2D eigenvalue weighted by atomic mass is 10.0. The van der Waals surface area contributed by atoms with Crippen LogP contribution in [0, 0.1) is 0 Å². The lowest BCUT2D eigenvalue weighted by molar-refractivity contribution is 0.109. The summed E-state index contributed by atoms with van der Waals surface area (Å²) >= 11 is 0. The Bertz CT molecular complexity index is 662. The van der Waals surface area contributed by atoms with E-state index < -0.39 is 0 Å². The molecule has 4 heteroatoms. The van der Waals surface area contributed by atoms with Gasteiger partial charge in [-0.05, 0) is 24.3 Å². The van der Waals surface area contributed by atoms with Gasteiger partial charge in [0.15, 0.2) is 5.82 Å². The molecule has 1 fully saturated rings. The molecule has 21 heavy (non-hydrogen) atoms. The summed E-state index contributed by atoms with van der Waals surface area (Å²) < 4.78 is 5.54. The van der Waals surface area contributed by atoms with Gasteiger partial charge in [-0.15, -0.1) is 0 Å². The highest BCUT2D eigenvalue weighted by Gasteiger charge is 2.27. The van der Waals surface area contributed by atoms with E-state index in [0.717, 1.165) is 35.9 Å². The molecule has 108 valence electrons. The fraction of sp³-hybridized carbons (Fsp3) is 0.412. The van der Waals surface area contributed by atoms with Crippen molar-refractivity contribution in [1.29, 1.82) is 0 Å². The van der Waals surface area contributed by atoms with Crippen molar-refractivity contribution >= 4 is 5.82 Å². The molecule has 1 aliphatic carbocycles. The first kappa shape index (κ1) is 12.8. The molecule has 2 aromatic rings. The van der Waals surface area contributed by atoms with Crippen molar-refractivity contribution in [2.45, 2.75) is 31.8 Å². The van der Waals surface area contributed by atoms with Crippen molar-refractivity contribution in [3.05, 3.63) is 41.1 Å². The van der Waals surface area contributed by atoms with E-state index in [2.05, 4.69) is 29.6 Å². The van der Waals surface area contributed by atoms with Gasteiger partial charge >= 0.3 is 0 Å². The third-order valence-corrected chi connectivity index (χ3v) is 4.28. The highest BCUT2D eigenvalue weighted by atomic mass is 16.5. The lowest BCUT2D eigenvalue weighted by Crippen LogP contribution is -2.16. The fourth-order valence-electron chi connectivity index (χ4n) is 3.01. The summed E-state index contributed by atoms with van der Waals surface area (Å²) in [6.45, 7) is 1.35. The van der Waals surface area contributed by atoms with Crippen LogP contribution in [0.15, 0.2) is 24.3 Å². The number of hydrogen-bond donors (Lipinski definition) is 1. The Labute approximate surface area is 124 Å². The molecule has 0 spiro atoms. The van der Waals surface area contributed by atoms with E-state index in [4.69, 9.17) is 14.7 Å². The maximum atomic E-state index is 5.54. The van der Waals surface area contributed by atoms with Crippen molar-refractivity contribution in [2.75, 3.05) is 19.0 Å². The Morgan fingerprint density at radius 3 is 2.86 bits per heavy atom. The number of anilines is 1. The van der Waals surface area contributed by atoms with Crippen LogP contribution >= 0.6 is 0 Å². The Morgan fingerprint density at radius 2 is 2.05 bits per heavy atom. The number of ether oxygens (including phenoxy) is 1. The zero-order valence-corrected chi connectivity index (χ0v) is 12.2. The highest BCUT2D eigenvalue weighted by Crippen LogP contribution is 2.44. The number of hydrogen-bond acceptors (Lipinski definition) is 4. The molecule has 1 saturated carbocycles. The second kappa shape index (κ2) is 5.11. The average molecular weight is 281 g/mol. The number of benzene rings is 1. The van der Waals surface area contributed by atoms with Crippen LogP contribution < -0.4 is 5.32 Å². The standard InChI is InChI=1S/C17H19N3O/c1-18-16-14-10-21-9-8-15(14)19-17(20-16)13-5-3-2-4-12(13)11-6-7-11/h2-5,11H,6-10H2,1H3,(H,18,19,20). The Kier molecular flexibility index (Phi) is 3.11. The molecule has 2 aliphatic rings. The van der Waals surface area contributed by atoms with Crippen molar-refractivity contribution < 1.29 is 4.74 Å². The summed E-state index contributed by atoms with van der Waals surface area (Å²) in [4.78, 5) is 9.58. The number of fused-ring (bicyclic) bond motifs is 1. The van der Waals surface area contributed by atoms with Crippen LogP contribution in [0.1, 0.15) is 35.6 Å². The maximum Gasteiger partial charge on any atom is 0.162 e. The SMILES string of the molecule is CNc1nc(-c2ccccc2C2CC2)nc2c1COCC2. The predicted molar refractivity (Wildman–Crippen MR) is 82.3 cm³/mol. The van der Waals surface area contributed by atoms with Gasteiger partial charge in [-0.2, -0.15) is 0 Å². The molecule has 1 aromatic carbocycles. The van der Waals surface area contributed by atoms with Crippen LogP contribution in [0.4, 0.5) is 5.82 Å². The minimum Gasteiger partial charge on any atom is -0.376 e. The van der Waals surface area contributed by atoms with E-state index >= 15 is 0 Å². The zero-order valence-electron chi connectivity index (χ0n) is 12.2. The van der Waals surface area contributed by atoms with Gasteiger partial charge in [0.1, 0.15) is 5.82 Å². The predicted octanol–water partition coefficient (Wildman–Crippen LogP) is 3.14. The van der Waals surface area contributed by atoms with Gasteiger partial charge in [0.2, 0.25) is 0 Å². The minimum atomic E-state index is 0.607. The first-order chi connectivity index (χ1) is 10.4. The molecule has 0 radical (unpaired) electrons. The van der Waals surface area contributed by atoms with E-state index in [9.17, 15) is 0 Å². The second-order valence-corrected chi connectivity index (χ2v) is 5.74. The molecule has 1 aliphatic heterocycles. The second-order valence-electron chi connectivity index (χ2n) is 5.74. The van der Waals surface area contributed by atoms with Gasteiger partial charge in [0.05, 0.1) is 18.9 Å². The molecule has 2 heterocycles. The maximum absolute atomic E-state index is 5.54. The van der Waals surface area contributed by atoms with Crippen LogP contribution in [-0.2, 0) is 17.8 Å². The molecule has 0 amide bonds. The third-order valence-electron chi connectivity index (χ3n) is 4.28. The Balaban J connectivity index is 1.85. The Hall–Kier alpha value is -1.94. The van der Waals surface area contributed by atoms with Crippen LogP contribution in [0.25, 0.3) is 11.4 Å². The monoisotopic (exact) mass is 281 g/mol. The van der Waals surface area contributed by atoms with Crippen LogP contribution in [0.2, 0.25) is 0 Å². The van der Waals surface area contributed by atoms with Crippen molar-refractivity contribution in [3.8, 4) is 11.4 Å². The summed E-state index contributed by atoms with van der Waals surface area (Å²) in [5, 5.41) is 3.20. The van der Waals surface area contributed by atoms with Gasteiger partial charge in [-0.3, -0.25) is 0 Å². The molecule has 0 bridgehead atoms. The number of nitrogens with one attached hydrogen (secondary N) is 1. The first-order valence-corrected chi connectivity index (χ1v) is 7.61. The van der Waals surface area contributed by atoms with Gasteiger partial charge in [-0.1, -0.05) is 24.3 Å².